The molecule has 1 fully saturated rings. The molecule has 1 atom stereocenters. The lowest BCUT2D eigenvalue weighted by Gasteiger charge is -2.39. The van der Waals surface area contributed by atoms with E-state index in [1.807, 2.05) is 6.92 Å². The highest BCUT2D eigenvalue weighted by Gasteiger charge is 2.20. The van der Waals surface area contributed by atoms with Crippen LogP contribution in [-0.4, -0.2) is 20.9 Å². The summed E-state index contributed by atoms with van der Waals surface area (Å²) in [5.41, 5.74) is 0. The monoisotopic (exact) mass is 151 g/mol. The molecule has 3 N–H and O–H groups in total. The van der Waals surface area contributed by atoms with Gasteiger partial charge in [-0.3, -0.25) is 9.11 Å². The van der Waals surface area contributed by atoms with Gasteiger partial charge < -0.3 is 0 Å². The van der Waals surface area contributed by atoms with Crippen molar-refractivity contribution in [1.82, 2.24) is 4.72 Å². The summed E-state index contributed by atoms with van der Waals surface area (Å²) in [4.78, 5) is 0. The lowest BCUT2D eigenvalue weighted by molar-refractivity contribution is 0.427. The molecule has 0 saturated carbocycles. The third-order valence-electron chi connectivity index (χ3n) is 1.46. The second kappa shape index (κ2) is 2.46. The fourth-order valence-corrected chi connectivity index (χ4v) is 2.48. The minimum absolute atomic E-state index is 0.267. The van der Waals surface area contributed by atoms with E-state index in [4.69, 9.17) is 9.11 Å². The third-order valence-corrected chi connectivity index (χ3v) is 3.09. The minimum atomic E-state index is -2.38. The minimum Gasteiger partial charge on any atom is -0.286 e. The summed E-state index contributed by atoms with van der Waals surface area (Å²) in [6, 6.07) is 0.267. The summed E-state index contributed by atoms with van der Waals surface area (Å²) in [5.74, 6) is 0.525. The Morgan fingerprint density at radius 3 is 2.56 bits per heavy atom. The van der Waals surface area contributed by atoms with Gasteiger partial charge in [-0.25, -0.2) is 4.72 Å². The van der Waals surface area contributed by atoms with Crippen LogP contribution in [0, 0.1) is 0 Å². The molecule has 0 amide bonds. The van der Waals surface area contributed by atoms with Crippen molar-refractivity contribution in [3.63, 3.8) is 0 Å². The molecule has 4 heteroatoms. The van der Waals surface area contributed by atoms with Gasteiger partial charge in [0.05, 0.1) is 5.75 Å². The van der Waals surface area contributed by atoms with Crippen LogP contribution in [0.1, 0.15) is 19.8 Å². The van der Waals surface area contributed by atoms with E-state index in [1.165, 1.54) is 0 Å². The Hall–Kier alpha value is 0.230. The molecule has 1 heterocycles. The van der Waals surface area contributed by atoms with Gasteiger partial charge in [0.25, 0.3) is 0 Å². The van der Waals surface area contributed by atoms with Gasteiger partial charge in [0.1, 0.15) is 0 Å². The summed E-state index contributed by atoms with van der Waals surface area (Å²) >= 11 is 0. The highest BCUT2D eigenvalue weighted by molar-refractivity contribution is 8.22. The lowest BCUT2D eigenvalue weighted by Crippen LogP contribution is -2.35. The Morgan fingerprint density at radius 2 is 2.22 bits per heavy atom. The van der Waals surface area contributed by atoms with Gasteiger partial charge in [0.2, 0.25) is 0 Å². The molecule has 1 unspecified atom stereocenters. The smallest absolute Gasteiger partial charge is 0.0528 e. The first-order valence-corrected chi connectivity index (χ1v) is 4.85. The molecule has 0 aromatic heterocycles. The Labute approximate surface area is 56.9 Å². The topological polar surface area (TPSA) is 52.5 Å². The van der Waals surface area contributed by atoms with E-state index >= 15 is 0 Å². The van der Waals surface area contributed by atoms with Gasteiger partial charge in [0, 0.05) is 6.04 Å². The Balaban J connectivity index is 2.41. The average Bonchev–Trinajstić information content (AvgIpc) is 1.60. The van der Waals surface area contributed by atoms with E-state index in [0.717, 1.165) is 12.8 Å². The zero-order chi connectivity index (χ0) is 6.91. The van der Waals surface area contributed by atoms with E-state index in [-0.39, 0.29) is 6.04 Å². The predicted molar refractivity (Wildman–Crippen MR) is 39.5 cm³/mol. The maximum Gasteiger partial charge on any atom is 0.0528 e. The first-order chi connectivity index (χ1) is 4.10. The number of rotatable bonds is 0. The maximum absolute atomic E-state index is 9.07. The third kappa shape index (κ3) is 2.14. The largest absolute Gasteiger partial charge is 0.286 e. The maximum atomic E-state index is 9.07. The second-order valence-corrected chi connectivity index (χ2v) is 4.51. The highest BCUT2D eigenvalue weighted by Crippen LogP contribution is 2.38. The van der Waals surface area contributed by atoms with Crippen LogP contribution in [0.15, 0.2) is 0 Å². The van der Waals surface area contributed by atoms with Gasteiger partial charge in [0.15, 0.2) is 0 Å². The zero-order valence-electron chi connectivity index (χ0n) is 5.50. The molecule has 0 aromatic rings. The summed E-state index contributed by atoms with van der Waals surface area (Å²) < 4.78 is 20.9. The van der Waals surface area contributed by atoms with Crippen LogP contribution in [-0.2, 0) is 0 Å². The molecular formula is C5H13NO2S. The highest BCUT2D eigenvalue weighted by atomic mass is 32.3. The van der Waals surface area contributed by atoms with Gasteiger partial charge in [-0.1, -0.05) is 0 Å². The SMILES string of the molecule is CC1CCCS(O)(O)N1. The van der Waals surface area contributed by atoms with Crippen molar-refractivity contribution in [2.75, 3.05) is 5.75 Å². The summed E-state index contributed by atoms with van der Waals surface area (Å²) in [6.07, 6.45) is 1.98. The van der Waals surface area contributed by atoms with Gasteiger partial charge >= 0.3 is 0 Å². The molecule has 0 radical (unpaired) electrons. The molecule has 9 heavy (non-hydrogen) atoms. The molecular weight excluding hydrogens is 138 g/mol. The van der Waals surface area contributed by atoms with Crippen molar-refractivity contribution in [2.45, 2.75) is 25.8 Å². The molecule has 3 nitrogen and oxygen atoms in total. The van der Waals surface area contributed by atoms with E-state index in [2.05, 4.69) is 4.72 Å². The summed E-state index contributed by atoms with van der Waals surface area (Å²) in [7, 11) is -2.38. The first-order valence-electron chi connectivity index (χ1n) is 3.13. The van der Waals surface area contributed by atoms with Crippen LogP contribution >= 0.6 is 10.8 Å². The van der Waals surface area contributed by atoms with Crippen LogP contribution < -0.4 is 4.72 Å². The molecule has 0 spiro atoms. The fraction of sp³-hybridized carbons (Fsp3) is 1.00. The standard InChI is InChI=1S/C5H13NO2S/c1-5-3-2-4-9(7,8)6-5/h5-8H,2-4H2,1H3. The quantitative estimate of drug-likeness (QED) is 0.491. The zero-order valence-corrected chi connectivity index (χ0v) is 6.32. The molecule has 0 aromatic carbocycles. The molecule has 0 bridgehead atoms. The van der Waals surface area contributed by atoms with Crippen molar-refractivity contribution in [2.24, 2.45) is 0 Å². The van der Waals surface area contributed by atoms with E-state index in [1.54, 1.807) is 0 Å². The molecule has 1 aliphatic heterocycles. The van der Waals surface area contributed by atoms with Gasteiger partial charge in [-0.2, -0.15) is 0 Å². The number of nitrogens with one attached hydrogen (secondary N) is 1. The summed E-state index contributed by atoms with van der Waals surface area (Å²) in [6.45, 7) is 1.97. The Bertz CT molecular complexity index is 107. The summed E-state index contributed by atoms with van der Waals surface area (Å²) in [5, 5.41) is 0. The van der Waals surface area contributed by atoms with Crippen LogP contribution in [0.2, 0.25) is 0 Å². The van der Waals surface area contributed by atoms with E-state index in [0.29, 0.717) is 5.75 Å². The molecule has 1 aliphatic rings. The molecule has 1 saturated heterocycles. The predicted octanol–water partition coefficient (Wildman–Crippen LogP) is 1.42. The normalized spacial score (nSPS) is 37.9. The van der Waals surface area contributed by atoms with Crippen molar-refractivity contribution in [3.05, 3.63) is 0 Å². The van der Waals surface area contributed by atoms with Crippen LogP contribution in [0.25, 0.3) is 0 Å². The molecule has 56 valence electrons. The van der Waals surface area contributed by atoms with E-state index < -0.39 is 10.8 Å². The van der Waals surface area contributed by atoms with Gasteiger partial charge in [-0.15, -0.1) is 10.8 Å². The Morgan fingerprint density at radius 1 is 1.56 bits per heavy atom. The van der Waals surface area contributed by atoms with Crippen molar-refractivity contribution >= 4 is 10.8 Å². The average molecular weight is 151 g/mol. The second-order valence-electron chi connectivity index (χ2n) is 2.53. The van der Waals surface area contributed by atoms with E-state index in [9.17, 15) is 0 Å². The van der Waals surface area contributed by atoms with Crippen LogP contribution in [0.5, 0.6) is 0 Å². The fourth-order valence-electron chi connectivity index (χ4n) is 1.03. The molecule has 1 rings (SSSR count). The van der Waals surface area contributed by atoms with Crippen molar-refractivity contribution < 1.29 is 9.11 Å². The Kier molecular flexibility index (Phi) is 2.00. The van der Waals surface area contributed by atoms with Crippen LogP contribution in [0.4, 0.5) is 0 Å². The number of hydrogen-bond acceptors (Lipinski definition) is 3. The first kappa shape index (κ1) is 7.34. The number of hydrogen-bond donors (Lipinski definition) is 3. The van der Waals surface area contributed by atoms with Crippen LogP contribution in [0.3, 0.4) is 0 Å². The van der Waals surface area contributed by atoms with Crippen molar-refractivity contribution in [3.8, 4) is 0 Å². The van der Waals surface area contributed by atoms with Crippen molar-refractivity contribution in [1.29, 1.82) is 0 Å². The van der Waals surface area contributed by atoms with Gasteiger partial charge in [-0.05, 0) is 19.8 Å². The lowest BCUT2D eigenvalue weighted by atomic mass is 10.2. The molecule has 0 aliphatic carbocycles.